The van der Waals surface area contributed by atoms with E-state index >= 15 is 0 Å². The molecule has 0 spiro atoms. The van der Waals surface area contributed by atoms with Crippen molar-refractivity contribution < 1.29 is 0 Å². The van der Waals surface area contributed by atoms with Gasteiger partial charge in [0.1, 0.15) is 0 Å². The van der Waals surface area contributed by atoms with Crippen LogP contribution in [0, 0.1) is 18.3 Å². The minimum absolute atomic E-state index is 0.257. The summed E-state index contributed by atoms with van der Waals surface area (Å²) in [5, 5.41) is 4.54. The molecule has 0 saturated heterocycles. The van der Waals surface area contributed by atoms with E-state index < -0.39 is 0 Å². The lowest BCUT2D eigenvalue weighted by Crippen LogP contribution is -2.41. The normalized spacial score (nSPS) is 30.5. The van der Waals surface area contributed by atoms with E-state index in [1.54, 1.807) is 0 Å². The van der Waals surface area contributed by atoms with E-state index in [0.717, 1.165) is 24.5 Å². The van der Waals surface area contributed by atoms with Gasteiger partial charge in [0.25, 0.3) is 0 Å². The fourth-order valence-corrected chi connectivity index (χ4v) is 2.88. The van der Waals surface area contributed by atoms with Crippen molar-refractivity contribution in [1.29, 1.82) is 0 Å². The Labute approximate surface area is 104 Å². The lowest BCUT2D eigenvalue weighted by atomic mass is 9.70. The Bertz CT molecular complexity index is 375. The molecule has 1 aromatic rings. The van der Waals surface area contributed by atoms with Crippen molar-refractivity contribution in [1.82, 2.24) is 9.78 Å². The van der Waals surface area contributed by atoms with Crippen LogP contribution in [-0.4, -0.2) is 15.8 Å². The molecular formula is C14H25N3. The highest BCUT2D eigenvalue weighted by Crippen LogP contribution is 2.41. The first-order valence-corrected chi connectivity index (χ1v) is 6.65. The predicted octanol–water partition coefficient (Wildman–Crippen LogP) is 2.91. The molecule has 0 radical (unpaired) electrons. The number of aryl methyl sites for hydroxylation is 1. The van der Waals surface area contributed by atoms with Crippen LogP contribution in [0.5, 0.6) is 0 Å². The third kappa shape index (κ3) is 2.71. The molecule has 3 heteroatoms. The molecule has 0 bridgehead atoms. The average Bonchev–Trinajstić information content (AvgIpc) is 2.63. The van der Waals surface area contributed by atoms with Crippen molar-refractivity contribution in [2.45, 2.75) is 59.0 Å². The van der Waals surface area contributed by atoms with Gasteiger partial charge in [-0.15, -0.1) is 0 Å². The van der Waals surface area contributed by atoms with Crippen LogP contribution < -0.4 is 5.73 Å². The summed E-state index contributed by atoms with van der Waals surface area (Å²) in [5.41, 5.74) is 7.72. The zero-order valence-corrected chi connectivity index (χ0v) is 11.5. The first kappa shape index (κ1) is 12.6. The van der Waals surface area contributed by atoms with Crippen LogP contribution in [0.1, 0.15) is 51.8 Å². The maximum atomic E-state index is 6.26. The summed E-state index contributed by atoms with van der Waals surface area (Å²) in [5.74, 6) is 0.747. The van der Waals surface area contributed by atoms with Gasteiger partial charge in [0, 0.05) is 12.2 Å². The molecule has 3 nitrogen and oxygen atoms in total. The highest BCUT2D eigenvalue weighted by Gasteiger charge is 2.35. The Hall–Kier alpha value is -0.830. The maximum absolute atomic E-state index is 6.26. The Balaban J connectivity index is 2.15. The van der Waals surface area contributed by atoms with Crippen LogP contribution in [0.2, 0.25) is 0 Å². The fourth-order valence-electron chi connectivity index (χ4n) is 2.88. The standard InChI is InChI=1S/C14H25N3/c1-10-7-8-17(16-10)13-9-11(14(2,3)4)5-6-12(13)15/h7-8,11-13H,5-6,9,15H2,1-4H3. The Morgan fingerprint density at radius 3 is 2.59 bits per heavy atom. The van der Waals surface area contributed by atoms with Crippen molar-refractivity contribution in [2.24, 2.45) is 17.1 Å². The molecule has 1 aromatic heterocycles. The van der Waals surface area contributed by atoms with Gasteiger partial charge in [-0.3, -0.25) is 4.68 Å². The van der Waals surface area contributed by atoms with E-state index in [0.29, 0.717) is 11.5 Å². The van der Waals surface area contributed by atoms with Gasteiger partial charge in [-0.05, 0) is 43.6 Å². The summed E-state index contributed by atoms with van der Waals surface area (Å²) >= 11 is 0. The van der Waals surface area contributed by atoms with Gasteiger partial charge in [-0.2, -0.15) is 5.10 Å². The summed E-state index contributed by atoms with van der Waals surface area (Å²) in [4.78, 5) is 0. The molecule has 1 aliphatic carbocycles. The smallest absolute Gasteiger partial charge is 0.0672 e. The molecule has 96 valence electrons. The second-order valence-electron chi connectivity index (χ2n) is 6.54. The highest BCUT2D eigenvalue weighted by atomic mass is 15.3. The number of hydrogen-bond acceptors (Lipinski definition) is 2. The van der Waals surface area contributed by atoms with Gasteiger partial charge >= 0.3 is 0 Å². The van der Waals surface area contributed by atoms with Gasteiger partial charge in [0.05, 0.1) is 11.7 Å². The van der Waals surface area contributed by atoms with Crippen molar-refractivity contribution in [3.63, 3.8) is 0 Å². The average molecular weight is 235 g/mol. The molecule has 1 heterocycles. The van der Waals surface area contributed by atoms with Crippen LogP contribution in [0.3, 0.4) is 0 Å². The van der Waals surface area contributed by atoms with Crippen LogP contribution in [0.4, 0.5) is 0 Å². The van der Waals surface area contributed by atoms with E-state index in [4.69, 9.17) is 5.73 Å². The summed E-state index contributed by atoms with van der Waals surface area (Å²) in [7, 11) is 0. The lowest BCUT2D eigenvalue weighted by molar-refractivity contribution is 0.124. The van der Waals surface area contributed by atoms with E-state index in [1.807, 2.05) is 6.92 Å². The highest BCUT2D eigenvalue weighted by molar-refractivity contribution is 4.99. The number of nitrogens with zero attached hydrogens (tertiary/aromatic N) is 2. The van der Waals surface area contributed by atoms with Crippen LogP contribution in [0.15, 0.2) is 12.3 Å². The quantitative estimate of drug-likeness (QED) is 0.813. The Morgan fingerprint density at radius 2 is 2.06 bits per heavy atom. The lowest BCUT2D eigenvalue weighted by Gasteiger charge is -2.40. The molecule has 3 unspecified atom stereocenters. The minimum Gasteiger partial charge on any atom is -0.326 e. The van der Waals surface area contributed by atoms with Gasteiger partial charge < -0.3 is 5.73 Å². The topological polar surface area (TPSA) is 43.8 Å². The Morgan fingerprint density at radius 1 is 1.35 bits per heavy atom. The van der Waals surface area contributed by atoms with E-state index in [1.165, 1.54) is 6.42 Å². The molecule has 2 N–H and O–H groups in total. The molecule has 2 rings (SSSR count). The maximum Gasteiger partial charge on any atom is 0.0672 e. The van der Waals surface area contributed by atoms with E-state index in [9.17, 15) is 0 Å². The molecule has 17 heavy (non-hydrogen) atoms. The third-order valence-electron chi connectivity index (χ3n) is 4.17. The first-order valence-electron chi connectivity index (χ1n) is 6.65. The predicted molar refractivity (Wildman–Crippen MR) is 70.8 cm³/mol. The number of nitrogens with two attached hydrogens (primary N) is 1. The van der Waals surface area contributed by atoms with Gasteiger partial charge in [-0.1, -0.05) is 20.8 Å². The van der Waals surface area contributed by atoms with Crippen LogP contribution >= 0.6 is 0 Å². The van der Waals surface area contributed by atoms with Crippen molar-refractivity contribution in [2.75, 3.05) is 0 Å². The van der Waals surface area contributed by atoms with Gasteiger partial charge in [0.2, 0.25) is 0 Å². The number of aromatic nitrogens is 2. The molecule has 0 amide bonds. The number of rotatable bonds is 1. The monoisotopic (exact) mass is 235 g/mol. The zero-order chi connectivity index (χ0) is 12.6. The molecule has 0 aromatic carbocycles. The third-order valence-corrected chi connectivity index (χ3v) is 4.17. The number of hydrogen-bond donors (Lipinski definition) is 1. The van der Waals surface area contributed by atoms with E-state index in [-0.39, 0.29) is 6.04 Å². The van der Waals surface area contributed by atoms with Crippen LogP contribution in [-0.2, 0) is 0 Å². The molecular weight excluding hydrogens is 210 g/mol. The molecule has 0 aliphatic heterocycles. The largest absolute Gasteiger partial charge is 0.326 e. The first-order chi connectivity index (χ1) is 7.88. The molecule has 3 atom stereocenters. The van der Waals surface area contributed by atoms with Crippen molar-refractivity contribution >= 4 is 0 Å². The summed E-state index contributed by atoms with van der Waals surface area (Å²) in [6, 6.07) is 2.70. The van der Waals surface area contributed by atoms with Crippen molar-refractivity contribution in [3.8, 4) is 0 Å². The second-order valence-corrected chi connectivity index (χ2v) is 6.54. The minimum atomic E-state index is 0.257. The van der Waals surface area contributed by atoms with E-state index in [2.05, 4.69) is 42.8 Å². The van der Waals surface area contributed by atoms with Crippen molar-refractivity contribution in [3.05, 3.63) is 18.0 Å². The SMILES string of the molecule is Cc1ccn(C2CC(C(C)(C)C)CCC2N)n1. The molecule has 1 fully saturated rings. The Kier molecular flexibility index (Phi) is 3.30. The van der Waals surface area contributed by atoms with Gasteiger partial charge in [-0.25, -0.2) is 0 Å². The summed E-state index contributed by atoms with van der Waals surface area (Å²) < 4.78 is 2.08. The zero-order valence-electron chi connectivity index (χ0n) is 11.5. The summed E-state index contributed by atoms with van der Waals surface area (Å²) in [6.45, 7) is 9.03. The molecule has 1 saturated carbocycles. The molecule has 1 aliphatic rings. The van der Waals surface area contributed by atoms with Gasteiger partial charge in [0.15, 0.2) is 0 Å². The summed E-state index contributed by atoms with van der Waals surface area (Å²) in [6.07, 6.45) is 5.60. The fraction of sp³-hybridized carbons (Fsp3) is 0.786. The van der Waals surface area contributed by atoms with Crippen LogP contribution in [0.25, 0.3) is 0 Å². The second kappa shape index (κ2) is 4.45.